The zero-order valence-corrected chi connectivity index (χ0v) is 12.7. The van der Waals surface area contributed by atoms with Crippen LogP contribution in [0.1, 0.15) is 49.0 Å². The maximum atomic E-state index is 5.29. The van der Waals surface area contributed by atoms with Gasteiger partial charge in [-0.05, 0) is 48.9 Å². The van der Waals surface area contributed by atoms with Crippen molar-refractivity contribution in [2.24, 2.45) is 0 Å². The zero-order chi connectivity index (χ0) is 13.8. The van der Waals surface area contributed by atoms with Gasteiger partial charge >= 0.3 is 0 Å². The molecule has 1 aromatic heterocycles. The summed E-state index contributed by atoms with van der Waals surface area (Å²) in [6.07, 6.45) is 6.97. The molecule has 20 heavy (non-hydrogen) atoms. The van der Waals surface area contributed by atoms with E-state index in [1.54, 1.807) is 11.8 Å². The highest BCUT2D eigenvalue weighted by Gasteiger charge is 2.12. The molecule has 0 N–H and O–H groups in total. The van der Waals surface area contributed by atoms with E-state index in [0.717, 1.165) is 36.7 Å². The summed E-state index contributed by atoms with van der Waals surface area (Å²) in [5, 5.41) is 4.02. The summed E-state index contributed by atoms with van der Waals surface area (Å²) in [5.74, 6) is 2.34. The predicted molar refractivity (Wildman–Crippen MR) is 80.9 cm³/mol. The van der Waals surface area contributed by atoms with Crippen LogP contribution in [0.4, 0.5) is 0 Å². The molecule has 0 saturated heterocycles. The fourth-order valence-electron chi connectivity index (χ4n) is 2.57. The first-order chi connectivity index (χ1) is 9.85. The third-order valence-corrected chi connectivity index (χ3v) is 4.67. The summed E-state index contributed by atoms with van der Waals surface area (Å²) in [4.78, 5) is 5.74. The molecule has 2 aromatic rings. The van der Waals surface area contributed by atoms with Gasteiger partial charge in [0.25, 0.3) is 0 Å². The van der Waals surface area contributed by atoms with E-state index in [1.165, 1.54) is 35.3 Å². The number of nitrogens with zero attached hydrogens (tertiary/aromatic N) is 2. The Morgan fingerprint density at radius 3 is 3.05 bits per heavy atom. The minimum Gasteiger partial charge on any atom is -0.338 e. The second kappa shape index (κ2) is 6.44. The lowest BCUT2D eigenvalue weighted by Gasteiger charge is -2.02. The van der Waals surface area contributed by atoms with Crippen LogP contribution in [0.3, 0.4) is 0 Å². The van der Waals surface area contributed by atoms with Crippen molar-refractivity contribution in [2.45, 2.75) is 56.1 Å². The molecule has 0 atom stereocenters. The summed E-state index contributed by atoms with van der Waals surface area (Å²) < 4.78 is 5.29. The number of fused-ring (bicyclic) bond motifs is 1. The van der Waals surface area contributed by atoms with Gasteiger partial charge in [0.15, 0.2) is 5.82 Å². The van der Waals surface area contributed by atoms with E-state index in [2.05, 4.69) is 35.3 Å². The van der Waals surface area contributed by atoms with Crippen LogP contribution < -0.4 is 0 Å². The molecule has 0 unspecified atom stereocenters. The first-order valence-corrected chi connectivity index (χ1v) is 8.40. The first-order valence-electron chi connectivity index (χ1n) is 7.41. The molecule has 1 aromatic carbocycles. The molecule has 0 saturated carbocycles. The molecule has 4 heteroatoms. The molecule has 3 nitrogen and oxygen atoms in total. The smallest absolute Gasteiger partial charge is 0.237 e. The first kappa shape index (κ1) is 13.7. The Morgan fingerprint density at radius 2 is 2.15 bits per heavy atom. The number of benzene rings is 1. The van der Waals surface area contributed by atoms with E-state index >= 15 is 0 Å². The van der Waals surface area contributed by atoms with Gasteiger partial charge in [0, 0.05) is 11.3 Å². The Hall–Kier alpha value is -1.29. The molecule has 0 fully saturated rings. The quantitative estimate of drug-likeness (QED) is 0.747. The van der Waals surface area contributed by atoms with Gasteiger partial charge in [0.2, 0.25) is 5.89 Å². The van der Waals surface area contributed by atoms with Gasteiger partial charge in [-0.25, -0.2) is 0 Å². The lowest BCUT2D eigenvalue weighted by molar-refractivity contribution is 0.384. The Bertz CT molecular complexity index is 580. The van der Waals surface area contributed by atoms with E-state index in [-0.39, 0.29) is 0 Å². The maximum Gasteiger partial charge on any atom is 0.237 e. The molecule has 1 heterocycles. The zero-order valence-electron chi connectivity index (χ0n) is 11.9. The van der Waals surface area contributed by atoms with Crippen LogP contribution in [0.5, 0.6) is 0 Å². The second-order valence-corrected chi connectivity index (χ2v) is 6.33. The highest BCUT2D eigenvalue weighted by molar-refractivity contribution is 7.98. The average Bonchev–Trinajstić information content (AvgIpc) is 3.11. The number of hydrogen-bond donors (Lipinski definition) is 0. The molecule has 1 aliphatic rings. The van der Waals surface area contributed by atoms with Gasteiger partial charge in [0.05, 0.1) is 5.75 Å². The van der Waals surface area contributed by atoms with Crippen molar-refractivity contribution in [1.29, 1.82) is 0 Å². The van der Waals surface area contributed by atoms with Crippen LogP contribution in [0.2, 0.25) is 0 Å². The monoisotopic (exact) mass is 288 g/mol. The minimum atomic E-state index is 0.738. The number of rotatable bonds is 6. The van der Waals surface area contributed by atoms with Crippen LogP contribution in [0, 0.1) is 0 Å². The number of hydrogen-bond acceptors (Lipinski definition) is 4. The van der Waals surface area contributed by atoms with E-state index in [0.29, 0.717) is 0 Å². The summed E-state index contributed by atoms with van der Waals surface area (Å²) in [7, 11) is 0. The van der Waals surface area contributed by atoms with Crippen molar-refractivity contribution in [2.75, 3.05) is 0 Å². The normalized spacial score (nSPS) is 13.7. The molecular weight excluding hydrogens is 268 g/mol. The van der Waals surface area contributed by atoms with Gasteiger partial charge in [-0.2, -0.15) is 4.98 Å². The molecule has 106 valence electrons. The van der Waals surface area contributed by atoms with Gasteiger partial charge in [-0.3, -0.25) is 0 Å². The lowest BCUT2D eigenvalue weighted by Crippen LogP contribution is -1.88. The molecule has 0 radical (unpaired) electrons. The fraction of sp³-hybridized carbons (Fsp3) is 0.500. The predicted octanol–water partition coefficient (Wildman–Crippen LogP) is 4.19. The second-order valence-electron chi connectivity index (χ2n) is 5.28. The van der Waals surface area contributed by atoms with Crippen molar-refractivity contribution in [3.8, 4) is 0 Å². The number of thioether (sulfide) groups is 1. The Kier molecular flexibility index (Phi) is 4.41. The summed E-state index contributed by atoms with van der Waals surface area (Å²) >= 11 is 1.78. The Labute approximate surface area is 124 Å². The Balaban J connectivity index is 1.57. The lowest BCUT2D eigenvalue weighted by atomic mass is 10.1. The molecular formula is C16H20N2OS. The standard InChI is InChI=1S/C16H20N2OS/c1-2-3-7-15-17-16(19-18-15)11-20-14-9-8-12-5-4-6-13(12)10-14/h8-10H,2-7,11H2,1H3. The fourth-order valence-corrected chi connectivity index (χ4v) is 3.37. The summed E-state index contributed by atoms with van der Waals surface area (Å²) in [6.45, 7) is 2.17. The van der Waals surface area contributed by atoms with E-state index in [1.807, 2.05) is 0 Å². The van der Waals surface area contributed by atoms with Gasteiger partial charge < -0.3 is 4.52 Å². The van der Waals surface area contributed by atoms with Crippen LogP contribution >= 0.6 is 11.8 Å². The summed E-state index contributed by atoms with van der Waals surface area (Å²) in [5.41, 5.74) is 3.04. The molecule has 0 aliphatic heterocycles. The Morgan fingerprint density at radius 1 is 1.25 bits per heavy atom. The van der Waals surface area contributed by atoms with Gasteiger partial charge in [-0.15, -0.1) is 11.8 Å². The molecule has 0 amide bonds. The van der Waals surface area contributed by atoms with Crippen molar-refractivity contribution >= 4 is 11.8 Å². The molecule has 0 bridgehead atoms. The largest absolute Gasteiger partial charge is 0.338 e. The number of unbranched alkanes of at least 4 members (excludes halogenated alkanes) is 1. The topological polar surface area (TPSA) is 38.9 Å². The highest BCUT2D eigenvalue weighted by atomic mass is 32.2. The van der Waals surface area contributed by atoms with E-state index in [4.69, 9.17) is 4.52 Å². The van der Waals surface area contributed by atoms with Crippen LogP contribution in [-0.4, -0.2) is 10.1 Å². The molecule has 0 spiro atoms. The van der Waals surface area contributed by atoms with Crippen LogP contribution in [0.15, 0.2) is 27.6 Å². The molecule has 1 aliphatic carbocycles. The SMILES string of the molecule is CCCCc1noc(CSc2ccc3c(c2)CCC3)n1. The maximum absolute atomic E-state index is 5.29. The van der Waals surface area contributed by atoms with Gasteiger partial charge in [0.1, 0.15) is 0 Å². The van der Waals surface area contributed by atoms with E-state index < -0.39 is 0 Å². The summed E-state index contributed by atoms with van der Waals surface area (Å²) in [6, 6.07) is 6.80. The number of aryl methyl sites for hydroxylation is 3. The third kappa shape index (κ3) is 3.23. The molecule has 3 rings (SSSR count). The average molecular weight is 288 g/mol. The highest BCUT2D eigenvalue weighted by Crippen LogP contribution is 2.29. The van der Waals surface area contributed by atoms with Crippen molar-refractivity contribution in [3.63, 3.8) is 0 Å². The van der Waals surface area contributed by atoms with Gasteiger partial charge in [-0.1, -0.05) is 24.6 Å². The number of aromatic nitrogens is 2. The van der Waals surface area contributed by atoms with Crippen LogP contribution in [-0.2, 0) is 25.0 Å². The van der Waals surface area contributed by atoms with Crippen molar-refractivity contribution < 1.29 is 4.52 Å². The van der Waals surface area contributed by atoms with E-state index in [9.17, 15) is 0 Å². The third-order valence-electron chi connectivity index (χ3n) is 3.70. The minimum absolute atomic E-state index is 0.738. The van der Waals surface area contributed by atoms with Crippen molar-refractivity contribution in [3.05, 3.63) is 41.0 Å². The van der Waals surface area contributed by atoms with Crippen LogP contribution in [0.25, 0.3) is 0 Å². The van der Waals surface area contributed by atoms with Crippen molar-refractivity contribution in [1.82, 2.24) is 10.1 Å².